The highest BCUT2D eigenvalue weighted by molar-refractivity contribution is 5.28. The van der Waals surface area contributed by atoms with Crippen molar-refractivity contribution in [2.45, 2.75) is 32.7 Å². The van der Waals surface area contributed by atoms with Gasteiger partial charge in [0, 0.05) is 18.0 Å². The van der Waals surface area contributed by atoms with Crippen LogP contribution in [0.15, 0.2) is 10.5 Å². The van der Waals surface area contributed by atoms with Crippen molar-refractivity contribution in [2.24, 2.45) is 5.92 Å². The van der Waals surface area contributed by atoms with Crippen molar-refractivity contribution < 1.29 is 4.42 Å². The number of aryl methyl sites for hydroxylation is 2. The molecule has 1 heterocycles. The first kappa shape index (κ1) is 8.82. The normalized spacial score (nSPS) is 27.3. The topological polar surface area (TPSA) is 25.2 Å². The van der Waals surface area contributed by atoms with Crippen LogP contribution in [0.1, 0.15) is 36.5 Å². The molecule has 1 aromatic heterocycles. The average Bonchev–Trinajstić information content (AvgIpc) is 2.45. The first-order chi connectivity index (χ1) is 6.22. The number of furan rings is 1. The molecule has 0 aromatic carbocycles. The summed E-state index contributed by atoms with van der Waals surface area (Å²) in [5.41, 5.74) is 1.37. The minimum atomic E-state index is 0.487. The molecule has 72 valence electrons. The Kier molecular flexibility index (Phi) is 2.16. The SMILES string of the molecule is CNC1c2cc(C)oc2CCC1C. The highest BCUT2D eigenvalue weighted by Crippen LogP contribution is 2.35. The van der Waals surface area contributed by atoms with E-state index in [1.165, 1.54) is 17.7 Å². The van der Waals surface area contributed by atoms with Crippen molar-refractivity contribution in [3.05, 3.63) is 23.2 Å². The van der Waals surface area contributed by atoms with Crippen molar-refractivity contribution in [3.63, 3.8) is 0 Å². The third-order valence-corrected chi connectivity index (χ3v) is 3.01. The van der Waals surface area contributed by atoms with Crippen LogP contribution in [0.3, 0.4) is 0 Å². The number of hydrogen-bond donors (Lipinski definition) is 1. The number of nitrogens with one attached hydrogen (secondary N) is 1. The molecule has 0 bridgehead atoms. The van der Waals surface area contributed by atoms with E-state index in [4.69, 9.17) is 4.42 Å². The van der Waals surface area contributed by atoms with Crippen LogP contribution in [0.25, 0.3) is 0 Å². The van der Waals surface area contributed by atoms with Gasteiger partial charge in [-0.05, 0) is 32.4 Å². The molecule has 0 spiro atoms. The molecule has 0 amide bonds. The Morgan fingerprint density at radius 1 is 1.54 bits per heavy atom. The van der Waals surface area contributed by atoms with Crippen molar-refractivity contribution in [1.82, 2.24) is 5.32 Å². The van der Waals surface area contributed by atoms with Crippen molar-refractivity contribution in [2.75, 3.05) is 7.05 Å². The Balaban J connectivity index is 2.38. The van der Waals surface area contributed by atoms with Gasteiger partial charge in [0.15, 0.2) is 0 Å². The quantitative estimate of drug-likeness (QED) is 0.716. The Morgan fingerprint density at radius 3 is 3.00 bits per heavy atom. The van der Waals surface area contributed by atoms with Crippen molar-refractivity contribution >= 4 is 0 Å². The standard InChI is InChI=1S/C11H17NO/c1-7-4-5-10-9(11(7)12-3)6-8(2)13-10/h6-7,11-12H,4-5H2,1-3H3. The molecule has 0 fully saturated rings. The lowest BCUT2D eigenvalue weighted by Crippen LogP contribution is -2.27. The summed E-state index contributed by atoms with van der Waals surface area (Å²) in [6.07, 6.45) is 2.33. The van der Waals surface area contributed by atoms with E-state index in [-0.39, 0.29) is 0 Å². The monoisotopic (exact) mass is 179 g/mol. The van der Waals surface area contributed by atoms with Gasteiger partial charge in [0.25, 0.3) is 0 Å². The van der Waals surface area contributed by atoms with Gasteiger partial charge in [-0.2, -0.15) is 0 Å². The molecular weight excluding hydrogens is 162 g/mol. The molecule has 0 saturated heterocycles. The van der Waals surface area contributed by atoms with Crippen molar-refractivity contribution in [1.29, 1.82) is 0 Å². The summed E-state index contributed by atoms with van der Waals surface area (Å²) in [7, 11) is 2.03. The van der Waals surface area contributed by atoms with E-state index in [1.807, 2.05) is 14.0 Å². The molecule has 2 nitrogen and oxygen atoms in total. The number of hydrogen-bond acceptors (Lipinski definition) is 2. The van der Waals surface area contributed by atoms with Crippen LogP contribution in [0.2, 0.25) is 0 Å². The van der Waals surface area contributed by atoms with Crippen LogP contribution in [-0.2, 0) is 6.42 Å². The number of rotatable bonds is 1. The fraction of sp³-hybridized carbons (Fsp3) is 0.636. The molecule has 0 aliphatic heterocycles. The zero-order valence-electron chi connectivity index (χ0n) is 8.55. The maximum Gasteiger partial charge on any atom is 0.108 e. The van der Waals surface area contributed by atoms with Crippen LogP contribution in [-0.4, -0.2) is 7.05 Å². The molecule has 2 atom stereocenters. The fourth-order valence-electron chi connectivity index (χ4n) is 2.31. The van der Waals surface area contributed by atoms with Gasteiger partial charge < -0.3 is 9.73 Å². The lowest BCUT2D eigenvalue weighted by Gasteiger charge is -2.27. The predicted molar refractivity (Wildman–Crippen MR) is 52.7 cm³/mol. The van der Waals surface area contributed by atoms with E-state index in [0.29, 0.717) is 6.04 Å². The Bertz CT molecular complexity index is 303. The highest BCUT2D eigenvalue weighted by Gasteiger charge is 2.27. The van der Waals surface area contributed by atoms with E-state index >= 15 is 0 Å². The van der Waals surface area contributed by atoms with E-state index in [9.17, 15) is 0 Å². The second-order valence-corrected chi connectivity index (χ2v) is 4.02. The molecule has 1 aliphatic carbocycles. The Morgan fingerprint density at radius 2 is 2.31 bits per heavy atom. The van der Waals surface area contributed by atoms with Gasteiger partial charge in [-0.25, -0.2) is 0 Å². The molecule has 2 unspecified atom stereocenters. The summed E-state index contributed by atoms with van der Waals surface area (Å²) < 4.78 is 5.65. The zero-order chi connectivity index (χ0) is 9.42. The first-order valence-corrected chi connectivity index (χ1v) is 4.99. The highest BCUT2D eigenvalue weighted by atomic mass is 16.3. The third-order valence-electron chi connectivity index (χ3n) is 3.01. The number of fused-ring (bicyclic) bond motifs is 1. The van der Waals surface area contributed by atoms with Gasteiger partial charge in [0.1, 0.15) is 11.5 Å². The molecule has 1 N–H and O–H groups in total. The first-order valence-electron chi connectivity index (χ1n) is 4.99. The Hall–Kier alpha value is -0.760. The molecule has 13 heavy (non-hydrogen) atoms. The third kappa shape index (κ3) is 1.39. The summed E-state index contributed by atoms with van der Waals surface area (Å²) in [6.45, 7) is 4.32. The van der Waals surface area contributed by atoms with Crippen LogP contribution in [0, 0.1) is 12.8 Å². The van der Waals surface area contributed by atoms with E-state index in [0.717, 1.165) is 18.1 Å². The van der Waals surface area contributed by atoms with Crippen LogP contribution >= 0.6 is 0 Å². The minimum absolute atomic E-state index is 0.487. The van der Waals surface area contributed by atoms with Gasteiger partial charge in [-0.3, -0.25) is 0 Å². The minimum Gasteiger partial charge on any atom is -0.466 e. The smallest absolute Gasteiger partial charge is 0.108 e. The van der Waals surface area contributed by atoms with Gasteiger partial charge in [0.2, 0.25) is 0 Å². The molecule has 2 rings (SSSR count). The second-order valence-electron chi connectivity index (χ2n) is 4.02. The zero-order valence-corrected chi connectivity index (χ0v) is 8.55. The Labute approximate surface area is 79.3 Å². The second kappa shape index (κ2) is 3.18. The van der Waals surface area contributed by atoms with Crippen LogP contribution in [0.5, 0.6) is 0 Å². The molecule has 1 aliphatic rings. The fourth-order valence-corrected chi connectivity index (χ4v) is 2.31. The molecular formula is C11H17NO. The van der Waals surface area contributed by atoms with Gasteiger partial charge in [0.05, 0.1) is 0 Å². The van der Waals surface area contributed by atoms with Gasteiger partial charge in [-0.15, -0.1) is 0 Å². The van der Waals surface area contributed by atoms with Gasteiger partial charge in [-0.1, -0.05) is 6.92 Å². The average molecular weight is 179 g/mol. The molecule has 2 heteroatoms. The maximum atomic E-state index is 5.65. The summed E-state index contributed by atoms with van der Waals surface area (Å²) in [5.74, 6) is 2.95. The summed E-state index contributed by atoms with van der Waals surface area (Å²) in [4.78, 5) is 0. The lowest BCUT2D eigenvalue weighted by atomic mass is 9.84. The summed E-state index contributed by atoms with van der Waals surface area (Å²) >= 11 is 0. The van der Waals surface area contributed by atoms with Crippen LogP contribution in [0.4, 0.5) is 0 Å². The van der Waals surface area contributed by atoms with E-state index in [1.54, 1.807) is 0 Å². The lowest BCUT2D eigenvalue weighted by molar-refractivity contribution is 0.334. The molecule has 0 saturated carbocycles. The predicted octanol–water partition coefficient (Wildman–Crippen LogP) is 2.43. The van der Waals surface area contributed by atoms with E-state index in [2.05, 4.69) is 18.3 Å². The summed E-state index contributed by atoms with van der Waals surface area (Å²) in [6, 6.07) is 2.66. The van der Waals surface area contributed by atoms with Crippen molar-refractivity contribution in [3.8, 4) is 0 Å². The molecule has 0 radical (unpaired) electrons. The van der Waals surface area contributed by atoms with Crippen LogP contribution < -0.4 is 5.32 Å². The van der Waals surface area contributed by atoms with E-state index < -0.39 is 0 Å². The molecule has 1 aromatic rings. The maximum absolute atomic E-state index is 5.65. The summed E-state index contributed by atoms with van der Waals surface area (Å²) in [5, 5.41) is 3.36. The van der Waals surface area contributed by atoms with Gasteiger partial charge >= 0.3 is 0 Å². The largest absolute Gasteiger partial charge is 0.466 e.